The predicted octanol–water partition coefficient (Wildman–Crippen LogP) is 2.34. The van der Waals surface area contributed by atoms with Gasteiger partial charge in [-0.15, -0.1) is 0 Å². The average molecular weight is 324 g/mol. The molecule has 1 saturated heterocycles. The molecule has 0 radical (unpaired) electrons. The zero-order valence-corrected chi connectivity index (χ0v) is 13.9. The summed E-state index contributed by atoms with van der Waals surface area (Å²) in [7, 11) is 0. The van der Waals surface area contributed by atoms with E-state index in [1.807, 2.05) is 30.5 Å². The van der Waals surface area contributed by atoms with Gasteiger partial charge in [0.05, 0.1) is 12.7 Å². The maximum absolute atomic E-state index is 5.89. The van der Waals surface area contributed by atoms with Crippen LogP contribution in [0.3, 0.4) is 0 Å². The molecule has 2 aromatic rings. The Morgan fingerprint density at radius 2 is 2.04 bits per heavy atom. The predicted molar refractivity (Wildman–Crippen MR) is 94.1 cm³/mol. The molecule has 2 heterocycles. The van der Waals surface area contributed by atoms with Gasteiger partial charge in [0.2, 0.25) is 0 Å². The largest absolute Gasteiger partial charge is 0.374 e. The Morgan fingerprint density at radius 1 is 1.17 bits per heavy atom. The minimum atomic E-state index is 0.242. The van der Waals surface area contributed by atoms with Crippen LogP contribution in [0.4, 0.5) is 5.82 Å². The van der Waals surface area contributed by atoms with Crippen molar-refractivity contribution in [3.63, 3.8) is 0 Å². The highest BCUT2D eigenvalue weighted by Crippen LogP contribution is 2.28. The molecule has 5 heteroatoms. The zero-order chi connectivity index (χ0) is 16.2. The minimum Gasteiger partial charge on any atom is -0.374 e. The van der Waals surface area contributed by atoms with Crippen LogP contribution in [0.1, 0.15) is 24.2 Å². The highest BCUT2D eigenvalue weighted by molar-refractivity contribution is 5.34. The van der Waals surface area contributed by atoms with Crippen molar-refractivity contribution in [2.45, 2.75) is 31.4 Å². The topological polar surface area (TPSA) is 50.3 Å². The van der Waals surface area contributed by atoms with Gasteiger partial charge in [-0.25, -0.2) is 9.97 Å². The fourth-order valence-electron chi connectivity index (χ4n) is 3.22. The first-order valence-electron chi connectivity index (χ1n) is 8.82. The molecule has 0 bridgehead atoms. The van der Waals surface area contributed by atoms with E-state index in [1.54, 1.807) is 0 Å². The molecule has 1 unspecified atom stereocenters. The Bertz CT molecular complexity index is 659. The lowest BCUT2D eigenvalue weighted by atomic mass is 10.1. The van der Waals surface area contributed by atoms with E-state index in [4.69, 9.17) is 4.74 Å². The highest BCUT2D eigenvalue weighted by atomic mass is 16.5. The second-order valence-electron chi connectivity index (χ2n) is 6.62. The molecule has 1 N–H and O–H groups in total. The van der Waals surface area contributed by atoms with E-state index < -0.39 is 0 Å². The van der Waals surface area contributed by atoms with Crippen molar-refractivity contribution in [1.29, 1.82) is 0 Å². The number of rotatable bonds is 6. The summed E-state index contributed by atoms with van der Waals surface area (Å²) in [5.41, 5.74) is 1.23. The van der Waals surface area contributed by atoms with Gasteiger partial charge in [-0.1, -0.05) is 30.3 Å². The average Bonchev–Trinajstić information content (AvgIpc) is 3.47. The van der Waals surface area contributed by atoms with E-state index in [-0.39, 0.29) is 6.10 Å². The summed E-state index contributed by atoms with van der Waals surface area (Å²) in [6.45, 7) is 3.74. The maximum atomic E-state index is 5.89. The Hall–Kier alpha value is -1.98. The second kappa shape index (κ2) is 7.28. The lowest BCUT2D eigenvalue weighted by Crippen LogP contribution is -2.46. The molecule has 4 rings (SSSR count). The van der Waals surface area contributed by atoms with Crippen molar-refractivity contribution >= 4 is 5.82 Å². The SMILES string of the molecule is c1ccc(Cc2nccc(NCC3CN(C4CC4)CCO3)n2)cc1. The van der Waals surface area contributed by atoms with Crippen molar-refractivity contribution in [3.8, 4) is 0 Å². The summed E-state index contributed by atoms with van der Waals surface area (Å²) >= 11 is 0. The van der Waals surface area contributed by atoms with Crippen molar-refractivity contribution in [1.82, 2.24) is 14.9 Å². The van der Waals surface area contributed by atoms with Crippen LogP contribution in [-0.4, -0.2) is 53.3 Å². The number of anilines is 1. The number of hydrogen-bond donors (Lipinski definition) is 1. The van der Waals surface area contributed by atoms with Gasteiger partial charge < -0.3 is 10.1 Å². The first-order chi connectivity index (χ1) is 11.9. The number of hydrogen-bond acceptors (Lipinski definition) is 5. The Morgan fingerprint density at radius 3 is 2.88 bits per heavy atom. The van der Waals surface area contributed by atoms with Crippen LogP contribution in [0.5, 0.6) is 0 Å². The normalized spacial score (nSPS) is 21.6. The van der Waals surface area contributed by atoms with E-state index in [9.17, 15) is 0 Å². The lowest BCUT2D eigenvalue weighted by molar-refractivity contribution is -0.0241. The van der Waals surface area contributed by atoms with Crippen LogP contribution in [0.2, 0.25) is 0 Å². The molecule has 1 aliphatic heterocycles. The van der Waals surface area contributed by atoms with Crippen LogP contribution in [-0.2, 0) is 11.2 Å². The molecule has 126 valence electrons. The van der Waals surface area contributed by atoms with E-state index in [2.05, 4.69) is 32.3 Å². The summed E-state index contributed by atoms with van der Waals surface area (Å²) in [6, 6.07) is 13.1. The van der Waals surface area contributed by atoms with Gasteiger partial charge >= 0.3 is 0 Å². The van der Waals surface area contributed by atoms with Gasteiger partial charge in [0.1, 0.15) is 11.6 Å². The number of morpholine rings is 1. The zero-order valence-electron chi connectivity index (χ0n) is 13.9. The van der Waals surface area contributed by atoms with Crippen molar-refractivity contribution in [2.75, 3.05) is 31.6 Å². The smallest absolute Gasteiger partial charge is 0.135 e. The molecule has 2 fully saturated rings. The number of aromatic nitrogens is 2. The molecule has 0 amide bonds. The third kappa shape index (κ3) is 4.10. The van der Waals surface area contributed by atoms with E-state index in [1.165, 1.54) is 18.4 Å². The molecule has 1 atom stereocenters. The Balaban J connectivity index is 1.32. The first-order valence-corrected chi connectivity index (χ1v) is 8.82. The van der Waals surface area contributed by atoms with Crippen LogP contribution >= 0.6 is 0 Å². The van der Waals surface area contributed by atoms with Crippen molar-refractivity contribution in [2.24, 2.45) is 0 Å². The fraction of sp³-hybridized carbons (Fsp3) is 0.474. The summed E-state index contributed by atoms with van der Waals surface area (Å²) in [5, 5.41) is 3.42. The van der Waals surface area contributed by atoms with Crippen LogP contribution < -0.4 is 5.32 Å². The van der Waals surface area contributed by atoms with Gasteiger partial charge in [0, 0.05) is 38.3 Å². The molecule has 0 spiro atoms. The van der Waals surface area contributed by atoms with E-state index in [0.29, 0.717) is 0 Å². The quantitative estimate of drug-likeness (QED) is 0.884. The summed E-state index contributed by atoms with van der Waals surface area (Å²) < 4.78 is 5.89. The molecule has 1 saturated carbocycles. The summed E-state index contributed by atoms with van der Waals surface area (Å²) in [5.74, 6) is 1.72. The fourth-order valence-corrected chi connectivity index (χ4v) is 3.22. The maximum Gasteiger partial charge on any atom is 0.135 e. The summed E-state index contributed by atoms with van der Waals surface area (Å²) in [4.78, 5) is 11.6. The third-order valence-electron chi connectivity index (χ3n) is 4.65. The van der Waals surface area contributed by atoms with Crippen LogP contribution in [0.25, 0.3) is 0 Å². The monoisotopic (exact) mass is 324 g/mol. The van der Waals surface area contributed by atoms with Gasteiger partial charge in [0.15, 0.2) is 0 Å². The molecular formula is C19H24N4O. The number of ether oxygens (including phenoxy) is 1. The standard InChI is InChI=1S/C19H24N4O/c1-2-4-15(5-3-1)12-19-20-9-8-18(22-19)21-13-17-14-23(10-11-24-17)16-6-7-16/h1-5,8-9,16-17H,6-7,10-14H2,(H,20,21,22). The molecular weight excluding hydrogens is 300 g/mol. The van der Waals surface area contributed by atoms with Gasteiger partial charge in [-0.05, 0) is 24.5 Å². The number of nitrogens with one attached hydrogen (secondary N) is 1. The van der Waals surface area contributed by atoms with Crippen molar-refractivity contribution in [3.05, 3.63) is 54.0 Å². The van der Waals surface area contributed by atoms with Gasteiger partial charge in [0.25, 0.3) is 0 Å². The Labute approximate surface area is 143 Å². The highest BCUT2D eigenvalue weighted by Gasteiger charge is 2.32. The van der Waals surface area contributed by atoms with Crippen molar-refractivity contribution < 1.29 is 4.74 Å². The Kier molecular flexibility index (Phi) is 4.71. The molecule has 1 aromatic carbocycles. The first kappa shape index (κ1) is 15.5. The number of nitrogens with zero attached hydrogens (tertiary/aromatic N) is 3. The second-order valence-corrected chi connectivity index (χ2v) is 6.62. The molecule has 24 heavy (non-hydrogen) atoms. The molecule has 1 aliphatic carbocycles. The van der Waals surface area contributed by atoms with E-state index in [0.717, 1.165) is 50.3 Å². The van der Waals surface area contributed by atoms with Gasteiger partial charge in [-0.3, -0.25) is 4.90 Å². The van der Waals surface area contributed by atoms with Gasteiger partial charge in [-0.2, -0.15) is 0 Å². The van der Waals surface area contributed by atoms with Crippen LogP contribution in [0, 0.1) is 0 Å². The van der Waals surface area contributed by atoms with Crippen LogP contribution in [0.15, 0.2) is 42.6 Å². The molecule has 2 aliphatic rings. The number of benzene rings is 1. The lowest BCUT2D eigenvalue weighted by Gasteiger charge is -2.33. The molecule has 5 nitrogen and oxygen atoms in total. The third-order valence-corrected chi connectivity index (χ3v) is 4.65. The minimum absolute atomic E-state index is 0.242. The summed E-state index contributed by atoms with van der Waals surface area (Å²) in [6.07, 6.45) is 5.54. The molecule has 1 aromatic heterocycles. The van der Waals surface area contributed by atoms with E-state index >= 15 is 0 Å².